The average Bonchev–Trinajstić information content (AvgIpc) is 3.11. The van der Waals surface area contributed by atoms with Crippen molar-refractivity contribution in [1.29, 1.82) is 0 Å². The van der Waals surface area contributed by atoms with E-state index in [1.54, 1.807) is 13.4 Å². The number of rotatable bonds is 6. The number of amides is 2. The number of carbonyl (C=O) groups excluding carboxylic acids is 1. The molecule has 2 aromatic carbocycles. The topological polar surface area (TPSA) is 76.4 Å². The highest BCUT2D eigenvalue weighted by molar-refractivity contribution is 14.1. The number of methoxy groups -OCH3 is 1. The number of benzene rings is 2. The molecule has 0 aliphatic carbocycles. The summed E-state index contributed by atoms with van der Waals surface area (Å²) in [5, 5.41) is 5.61. The predicted octanol–water partition coefficient (Wildman–Crippen LogP) is 4.32. The molecule has 0 saturated heterocycles. The number of aromatic nitrogens is 1. The summed E-state index contributed by atoms with van der Waals surface area (Å²) in [6, 6.07) is 14.9. The maximum Gasteiger partial charge on any atom is 0.319 e. The van der Waals surface area contributed by atoms with Gasteiger partial charge in [-0.05, 0) is 65.1 Å². The third-order valence-corrected chi connectivity index (χ3v) is 4.31. The molecule has 0 aliphatic heterocycles. The monoisotopic (exact) mass is 463 g/mol. The van der Waals surface area contributed by atoms with E-state index in [-0.39, 0.29) is 6.03 Å². The van der Waals surface area contributed by atoms with Gasteiger partial charge in [0.2, 0.25) is 5.89 Å². The molecule has 7 heteroatoms. The van der Waals surface area contributed by atoms with Gasteiger partial charge >= 0.3 is 6.03 Å². The highest BCUT2D eigenvalue weighted by Gasteiger charge is 2.08. The Balaban J connectivity index is 1.49. The summed E-state index contributed by atoms with van der Waals surface area (Å²) in [7, 11) is 1.62. The SMILES string of the molecule is COc1ccc(-c2nc(CCNC(=O)Nc3cccc(I)c3)co2)cc1. The molecule has 2 N–H and O–H groups in total. The summed E-state index contributed by atoms with van der Waals surface area (Å²) < 4.78 is 11.7. The number of carbonyl (C=O) groups is 1. The molecule has 3 rings (SSSR count). The first-order valence-electron chi connectivity index (χ1n) is 8.03. The Labute approximate surface area is 165 Å². The minimum atomic E-state index is -0.245. The van der Waals surface area contributed by atoms with Crippen LogP contribution in [-0.2, 0) is 6.42 Å². The molecule has 6 nitrogen and oxygen atoms in total. The first-order chi connectivity index (χ1) is 12.6. The molecule has 0 atom stereocenters. The molecule has 0 fully saturated rings. The van der Waals surface area contributed by atoms with Crippen molar-refractivity contribution in [2.75, 3.05) is 19.0 Å². The van der Waals surface area contributed by atoms with Gasteiger partial charge in [-0.3, -0.25) is 0 Å². The number of halogens is 1. The summed E-state index contributed by atoms with van der Waals surface area (Å²) in [6.07, 6.45) is 2.19. The van der Waals surface area contributed by atoms with Crippen molar-refractivity contribution in [2.45, 2.75) is 6.42 Å². The molecule has 2 amide bonds. The molecule has 1 heterocycles. The lowest BCUT2D eigenvalue weighted by Gasteiger charge is -2.07. The Kier molecular flexibility index (Phi) is 6.11. The second-order valence-electron chi connectivity index (χ2n) is 5.51. The van der Waals surface area contributed by atoms with Crippen LogP contribution in [0.1, 0.15) is 5.69 Å². The second kappa shape index (κ2) is 8.70. The van der Waals surface area contributed by atoms with E-state index in [1.807, 2.05) is 48.5 Å². The lowest BCUT2D eigenvalue weighted by molar-refractivity contribution is 0.252. The smallest absolute Gasteiger partial charge is 0.319 e. The van der Waals surface area contributed by atoms with Crippen LogP contribution in [-0.4, -0.2) is 24.7 Å². The van der Waals surface area contributed by atoms with Crippen molar-refractivity contribution < 1.29 is 13.9 Å². The number of nitrogens with zero attached hydrogens (tertiary/aromatic N) is 1. The molecular weight excluding hydrogens is 445 g/mol. The summed E-state index contributed by atoms with van der Waals surface area (Å²) in [5.74, 6) is 1.33. The zero-order chi connectivity index (χ0) is 18.4. The van der Waals surface area contributed by atoms with Gasteiger partial charge in [-0.1, -0.05) is 6.07 Å². The molecule has 1 aromatic heterocycles. The number of urea groups is 1. The maximum absolute atomic E-state index is 11.9. The normalized spacial score (nSPS) is 10.4. The molecular formula is C19H18IN3O3. The number of nitrogens with one attached hydrogen (secondary N) is 2. The van der Waals surface area contributed by atoms with Crippen molar-refractivity contribution in [3.63, 3.8) is 0 Å². The van der Waals surface area contributed by atoms with Gasteiger partial charge in [-0.2, -0.15) is 0 Å². The Morgan fingerprint density at radius 2 is 2.04 bits per heavy atom. The van der Waals surface area contributed by atoms with E-state index < -0.39 is 0 Å². The van der Waals surface area contributed by atoms with Crippen molar-refractivity contribution >= 4 is 34.3 Å². The van der Waals surface area contributed by atoms with Crippen molar-refractivity contribution in [2.24, 2.45) is 0 Å². The third kappa shape index (κ3) is 4.98. The number of anilines is 1. The van der Waals surface area contributed by atoms with E-state index in [1.165, 1.54) is 0 Å². The van der Waals surface area contributed by atoms with E-state index in [2.05, 4.69) is 38.2 Å². The van der Waals surface area contributed by atoms with Gasteiger partial charge in [0.15, 0.2) is 0 Å². The molecule has 26 heavy (non-hydrogen) atoms. The number of hydrogen-bond donors (Lipinski definition) is 2. The van der Waals surface area contributed by atoms with Crippen LogP contribution in [0.5, 0.6) is 5.75 Å². The van der Waals surface area contributed by atoms with E-state index in [0.717, 1.165) is 26.3 Å². The summed E-state index contributed by atoms with van der Waals surface area (Å²) in [6.45, 7) is 0.463. The van der Waals surface area contributed by atoms with Crippen LogP contribution in [0, 0.1) is 3.57 Å². The number of ether oxygens (including phenoxy) is 1. The van der Waals surface area contributed by atoms with Gasteiger partial charge in [-0.25, -0.2) is 9.78 Å². The predicted molar refractivity (Wildman–Crippen MR) is 108 cm³/mol. The van der Waals surface area contributed by atoms with Crippen LogP contribution < -0.4 is 15.4 Å². The average molecular weight is 463 g/mol. The Hall–Kier alpha value is -2.55. The molecule has 0 bridgehead atoms. The highest BCUT2D eigenvalue weighted by Crippen LogP contribution is 2.21. The van der Waals surface area contributed by atoms with E-state index in [4.69, 9.17) is 9.15 Å². The fourth-order valence-corrected chi connectivity index (χ4v) is 2.88. The van der Waals surface area contributed by atoms with Gasteiger partial charge in [0, 0.05) is 27.8 Å². The third-order valence-electron chi connectivity index (χ3n) is 3.64. The van der Waals surface area contributed by atoms with Gasteiger partial charge in [0.25, 0.3) is 0 Å². The molecule has 0 radical (unpaired) electrons. The van der Waals surface area contributed by atoms with Crippen molar-refractivity contribution in [3.05, 3.63) is 64.1 Å². The molecule has 0 spiro atoms. The zero-order valence-corrected chi connectivity index (χ0v) is 16.3. The molecule has 0 unspecified atom stereocenters. The lowest BCUT2D eigenvalue weighted by atomic mass is 10.2. The standard InChI is InChI=1S/C19H18IN3O3/c1-25-17-7-5-13(6-8-17)18-22-16(12-26-18)9-10-21-19(24)23-15-4-2-3-14(20)11-15/h2-8,11-12H,9-10H2,1H3,(H2,21,23,24). The maximum atomic E-state index is 11.9. The van der Waals surface area contributed by atoms with Gasteiger partial charge in [0.05, 0.1) is 12.8 Å². The van der Waals surface area contributed by atoms with Crippen LogP contribution in [0.25, 0.3) is 11.5 Å². The van der Waals surface area contributed by atoms with Crippen LogP contribution in [0.15, 0.2) is 59.2 Å². The first-order valence-corrected chi connectivity index (χ1v) is 9.11. The van der Waals surface area contributed by atoms with Gasteiger partial charge in [-0.15, -0.1) is 0 Å². The van der Waals surface area contributed by atoms with Crippen molar-refractivity contribution in [3.8, 4) is 17.2 Å². The van der Waals surface area contributed by atoms with E-state index in [9.17, 15) is 4.79 Å². The van der Waals surface area contributed by atoms with Crippen molar-refractivity contribution in [1.82, 2.24) is 10.3 Å². The molecule has 0 saturated carbocycles. The summed E-state index contributed by atoms with van der Waals surface area (Å²) in [5.41, 5.74) is 2.42. The summed E-state index contributed by atoms with van der Waals surface area (Å²) >= 11 is 2.20. The summed E-state index contributed by atoms with van der Waals surface area (Å²) in [4.78, 5) is 16.4. The number of oxazole rings is 1. The Morgan fingerprint density at radius 3 is 2.77 bits per heavy atom. The Bertz CT molecular complexity index is 878. The van der Waals surface area contributed by atoms with Crippen LogP contribution in [0.4, 0.5) is 10.5 Å². The minimum Gasteiger partial charge on any atom is -0.497 e. The zero-order valence-electron chi connectivity index (χ0n) is 14.2. The van der Waals surface area contributed by atoms with Gasteiger partial charge < -0.3 is 19.8 Å². The molecule has 134 valence electrons. The van der Waals surface area contributed by atoms with Crippen LogP contribution in [0.3, 0.4) is 0 Å². The van der Waals surface area contributed by atoms with Crippen LogP contribution >= 0.6 is 22.6 Å². The molecule has 3 aromatic rings. The first kappa shape index (κ1) is 18.2. The minimum absolute atomic E-state index is 0.245. The quantitative estimate of drug-likeness (QED) is 0.534. The second-order valence-corrected chi connectivity index (χ2v) is 6.76. The number of hydrogen-bond acceptors (Lipinski definition) is 4. The Morgan fingerprint density at radius 1 is 1.23 bits per heavy atom. The van der Waals surface area contributed by atoms with Gasteiger partial charge in [0.1, 0.15) is 12.0 Å². The molecule has 0 aliphatic rings. The highest BCUT2D eigenvalue weighted by atomic mass is 127. The fraction of sp³-hybridized carbons (Fsp3) is 0.158. The van der Waals surface area contributed by atoms with E-state index in [0.29, 0.717) is 18.9 Å². The van der Waals surface area contributed by atoms with Crippen LogP contribution in [0.2, 0.25) is 0 Å². The van der Waals surface area contributed by atoms with E-state index >= 15 is 0 Å². The fourth-order valence-electron chi connectivity index (χ4n) is 2.33. The largest absolute Gasteiger partial charge is 0.497 e. The lowest BCUT2D eigenvalue weighted by Crippen LogP contribution is -2.30.